The Labute approximate surface area is 757 Å². The molecular formula is C94H88Cl6F2N12O12. The average molecular weight is 1830 g/mol. The molecule has 0 saturated carbocycles. The van der Waals surface area contributed by atoms with Crippen molar-refractivity contribution in [2.75, 3.05) is 78.1 Å². The summed E-state index contributed by atoms with van der Waals surface area (Å²) in [6.45, 7) is 10.2. The second kappa shape index (κ2) is 44.1. The molecule has 8 N–H and O–H groups in total. The van der Waals surface area contributed by atoms with Crippen molar-refractivity contribution < 1.29 is 65.9 Å². The molecule has 8 aromatic carbocycles. The molecule has 4 amide bonds. The van der Waals surface area contributed by atoms with E-state index in [-0.39, 0.29) is 46.6 Å². The van der Waals surface area contributed by atoms with Gasteiger partial charge in [-0.2, -0.15) is 20.4 Å². The Bertz CT molecular complexity index is 6070. The molecule has 32 heteroatoms. The fraction of sp³-hybridized carbons (Fsp3) is 0.234. The summed E-state index contributed by atoms with van der Waals surface area (Å²) in [6.07, 6.45) is 8.51. The number of amides is 4. The van der Waals surface area contributed by atoms with Gasteiger partial charge in [0.25, 0.3) is 11.8 Å². The van der Waals surface area contributed by atoms with Gasteiger partial charge in [-0.05, 0) is 161 Å². The molecule has 0 saturated heterocycles. The van der Waals surface area contributed by atoms with Gasteiger partial charge in [-0.1, -0.05) is 167 Å². The number of hydrogen-bond acceptors (Lipinski definition) is 16. The highest BCUT2D eigenvalue weighted by Crippen LogP contribution is 2.50. The maximum Gasteiger partial charge on any atom is 0.300 e. The third-order valence-corrected chi connectivity index (χ3v) is 23.3. The van der Waals surface area contributed by atoms with Gasteiger partial charge in [0.1, 0.15) is 34.5 Å². The van der Waals surface area contributed by atoms with E-state index in [4.69, 9.17) is 108 Å². The summed E-state index contributed by atoms with van der Waals surface area (Å²) in [5.41, 5.74) is 16.7. The van der Waals surface area contributed by atoms with Crippen LogP contribution in [0.15, 0.2) is 159 Å². The van der Waals surface area contributed by atoms with E-state index in [0.717, 1.165) is 91.4 Å². The number of carbonyl (C=O) groups excluding carboxylic acids is 4. The van der Waals surface area contributed by atoms with E-state index in [2.05, 4.69) is 98.9 Å². The Morgan fingerprint density at radius 1 is 0.413 bits per heavy atom. The summed E-state index contributed by atoms with van der Waals surface area (Å²) >= 11 is 39.2. The lowest BCUT2D eigenvalue weighted by Crippen LogP contribution is -2.16. The number of anilines is 4. The Balaban J connectivity index is 0.000000163. The maximum atomic E-state index is 15.0. The van der Waals surface area contributed by atoms with Crippen molar-refractivity contribution in [1.29, 1.82) is 0 Å². The van der Waals surface area contributed by atoms with Crippen LogP contribution in [0, 0.1) is 35.3 Å². The molecule has 14 rings (SSSR count). The van der Waals surface area contributed by atoms with Crippen LogP contribution in [0.1, 0.15) is 94.7 Å². The lowest BCUT2D eigenvalue weighted by molar-refractivity contribution is -0.112. The monoisotopic (exact) mass is 1820 g/mol. The number of para-hydroxylation sites is 4. The number of aryl methyl sites for hydroxylation is 2. The predicted octanol–water partition coefficient (Wildman–Crippen LogP) is 20.9. The van der Waals surface area contributed by atoms with Crippen LogP contribution < -0.4 is 59.2 Å². The molecule has 2 aliphatic carbocycles. The first-order valence-electron chi connectivity index (χ1n) is 39.2. The molecule has 126 heavy (non-hydrogen) atoms. The Hall–Kier alpha value is -12.9. The van der Waals surface area contributed by atoms with Crippen LogP contribution in [-0.4, -0.2) is 121 Å². The highest BCUT2D eigenvalue weighted by molar-refractivity contribution is 6.39. The first-order chi connectivity index (χ1) is 60.9. The van der Waals surface area contributed by atoms with E-state index >= 15 is 0 Å². The molecule has 4 aromatic heterocycles. The lowest BCUT2D eigenvalue weighted by Gasteiger charge is -2.26. The summed E-state index contributed by atoms with van der Waals surface area (Å²) in [5.74, 6) is 10.1. The normalized spacial score (nSPS) is 12.7. The molecule has 0 spiro atoms. The van der Waals surface area contributed by atoms with Crippen molar-refractivity contribution in [2.24, 2.45) is 0 Å². The molecule has 0 aliphatic heterocycles. The van der Waals surface area contributed by atoms with Crippen molar-refractivity contribution in [3.63, 3.8) is 0 Å². The minimum atomic E-state index is -0.712. The Morgan fingerprint density at radius 2 is 0.722 bits per heavy atom. The van der Waals surface area contributed by atoms with E-state index < -0.39 is 17.6 Å². The largest absolute Gasteiger partial charge is 0.495 e. The van der Waals surface area contributed by atoms with E-state index in [0.29, 0.717) is 156 Å². The summed E-state index contributed by atoms with van der Waals surface area (Å²) < 4.78 is 72.3. The first-order valence-corrected chi connectivity index (χ1v) is 41.5. The zero-order valence-corrected chi connectivity index (χ0v) is 74.7. The number of H-pyrrole nitrogens is 4. The number of ether oxygens (including phenoxy) is 8. The molecule has 4 heterocycles. The fourth-order valence-corrected chi connectivity index (χ4v) is 16.9. The number of halogens is 8. The van der Waals surface area contributed by atoms with Gasteiger partial charge in [0.2, 0.25) is 11.8 Å². The van der Waals surface area contributed by atoms with E-state index in [9.17, 15) is 28.0 Å². The van der Waals surface area contributed by atoms with Gasteiger partial charge in [-0.15, -0.1) is 0 Å². The van der Waals surface area contributed by atoms with Crippen LogP contribution in [0.3, 0.4) is 0 Å². The maximum absolute atomic E-state index is 15.0. The average Bonchev–Trinajstić information content (AvgIpc) is 1.61. The Kier molecular flexibility index (Phi) is 32.8. The summed E-state index contributed by atoms with van der Waals surface area (Å²) in [5, 5.41) is 44.2. The topological polar surface area (TPSA) is 305 Å². The van der Waals surface area contributed by atoms with E-state index in [1.807, 2.05) is 97.1 Å². The quantitative estimate of drug-likeness (QED) is 0.0185. The number of fused-ring (bicyclic) bond motifs is 2. The third-order valence-electron chi connectivity index (χ3n) is 20.8. The van der Waals surface area contributed by atoms with Gasteiger partial charge in [-0.25, -0.2) is 8.78 Å². The molecule has 2 aliphatic rings. The van der Waals surface area contributed by atoms with Crippen LogP contribution in [0.25, 0.3) is 45.0 Å². The molecule has 12 aromatic rings. The molecule has 24 nitrogen and oxygen atoms in total. The van der Waals surface area contributed by atoms with Crippen molar-refractivity contribution in [2.45, 2.75) is 89.9 Å². The summed E-state index contributed by atoms with van der Waals surface area (Å²) in [4.78, 5) is 47.4. The number of benzene rings is 8. The number of carbonyl (C=O) groups is 4. The van der Waals surface area contributed by atoms with Crippen LogP contribution in [0.2, 0.25) is 30.1 Å². The fourth-order valence-electron chi connectivity index (χ4n) is 14.7. The number of aromatic amines is 4. The highest BCUT2D eigenvalue weighted by Gasteiger charge is 2.35. The molecule has 0 radical (unpaired) electrons. The number of aromatic nitrogens is 8. The van der Waals surface area contributed by atoms with Gasteiger partial charge in [-0.3, -0.25) is 39.6 Å². The van der Waals surface area contributed by atoms with Crippen LogP contribution >= 0.6 is 69.6 Å². The van der Waals surface area contributed by atoms with Crippen molar-refractivity contribution in [3.05, 3.63) is 257 Å². The minimum Gasteiger partial charge on any atom is -0.495 e. The molecule has 652 valence electrons. The number of nitrogens with one attached hydrogen (secondary N) is 8. The van der Waals surface area contributed by atoms with Gasteiger partial charge in [0, 0.05) is 91.5 Å². The van der Waals surface area contributed by atoms with Gasteiger partial charge in [0.15, 0.2) is 23.1 Å². The summed E-state index contributed by atoms with van der Waals surface area (Å²) in [7, 11) is 12.0. The third kappa shape index (κ3) is 21.7. The number of rotatable bonds is 26. The van der Waals surface area contributed by atoms with Crippen molar-refractivity contribution in [1.82, 2.24) is 40.8 Å². The van der Waals surface area contributed by atoms with Gasteiger partial charge in [0.05, 0.1) is 133 Å². The van der Waals surface area contributed by atoms with E-state index in [1.165, 1.54) is 32.4 Å². The molecule has 2 atom stereocenters. The SMILES string of the molecule is C=CC(=O)Nc1ccccc1-c1cc(CCc2c(Cl)c(OC)cc(OC)c2Cl)[nH]n1.C=CC(=O)Nc1ccccc1-c1n[nH]c2c1CCC(c1c(F)c(OC)cc(OC)c1F)C2.CC#CC(=O)Nc1ccccc1-c1cc(CCc2c(Cl)c(OC)cc(OC)c2Cl)[nH]n1.CC#CC(=O)Nc1ccccc1-c1n[nH]c2c1CCC(c1c(Cl)c(OC)cc(OC)c1Cl)C2. The van der Waals surface area contributed by atoms with E-state index in [1.54, 1.807) is 86.8 Å². The zero-order valence-electron chi connectivity index (χ0n) is 70.2. The van der Waals surface area contributed by atoms with Crippen molar-refractivity contribution >= 4 is 116 Å². The molecular weight excluding hydrogens is 1740 g/mol. The van der Waals surface area contributed by atoms with Crippen LogP contribution in [-0.2, 0) is 70.5 Å². The second-order valence-corrected chi connectivity index (χ2v) is 30.4. The highest BCUT2D eigenvalue weighted by atomic mass is 35.5. The number of nitrogens with zero attached hydrogens (tertiary/aromatic N) is 4. The van der Waals surface area contributed by atoms with Crippen molar-refractivity contribution in [3.8, 4) is 115 Å². The Morgan fingerprint density at radius 3 is 1.07 bits per heavy atom. The minimum absolute atomic E-state index is 0.0401. The van der Waals surface area contributed by atoms with Gasteiger partial charge < -0.3 is 59.2 Å². The van der Waals surface area contributed by atoms with Crippen LogP contribution in [0.5, 0.6) is 46.0 Å². The van der Waals surface area contributed by atoms with Gasteiger partial charge >= 0.3 is 0 Å². The van der Waals surface area contributed by atoms with Crippen LogP contribution in [0.4, 0.5) is 31.5 Å². The first kappa shape index (κ1) is 93.8. The standard InChI is InChI=1S/C25H23Cl2N3O3.C24H23F2N3O3.C23H21Cl2N3O3.C22H21Cl2N3O3/c1-4-7-21(31)28-17-9-6-5-8-15(17)25-16-11-10-14(12-18(16)29-30-25)22-23(26)19(32-2)13-20(33-3)24(22)27;1-4-20(30)27-16-8-6-5-7-14(16)24-15-10-9-13(11-17(15)28-29-24)21-22(25)18(31-2)12-19(32-3)23(21)26;1-4-7-21(29)26-17-9-6-5-8-15(17)18-12-14(27-28-18)10-11-16-22(24)19(30-2)13-20(31-3)23(16)25;1-4-20(28)25-16-8-6-5-7-14(16)17-11-13(26-27-17)9-10-15-21(23)18(29-2)12-19(30-3)22(15)24/h5-6,8-9,13-14H,10-12H2,1-3H3,(H,28,31)(H,29,30);4-8,12-13H,1,9-11H2,2-3H3,(H,27,30)(H,28,29);5-6,8-9,12-13H,10-11H2,1-3H3,(H,26,29)(H,27,28);4-8,11-12H,1,9-10H2,2-3H3,(H,25,28)(H,26,27). The second-order valence-electron chi connectivity index (χ2n) is 28.1. The number of methoxy groups -OCH3 is 8. The summed E-state index contributed by atoms with van der Waals surface area (Å²) in [6, 6.07) is 39.9. The molecule has 0 fully saturated rings. The zero-order chi connectivity index (χ0) is 90.4. The molecule has 2 unspecified atom stereocenters. The lowest BCUT2D eigenvalue weighted by atomic mass is 9.81. The smallest absolute Gasteiger partial charge is 0.300 e. The predicted molar refractivity (Wildman–Crippen MR) is 490 cm³/mol. The molecule has 0 bridgehead atoms. The number of hydrogen-bond donors (Lipinski definition) is 8.